The molecule has 1 aliphatic rings. The van der Waals surface area contributed by atoms with Crippen molar-refractivity contribution in [3.8, 4) is 0 Å². The molecule has 1 aliphatic heterocycles. The van der Waals surface area contributed by atoms with E-state index in [0.717, 1.165) is 22.4 Å². The molecule has 4 rings (SSSR count). The molecule has 4 amide bonds. The fourth-order valence-corrected chi connectivity index (χ4v) is 3.88. The Morgan fingerprint density at radius 2 is 1.77 bits per heavy atom. The molecule has 1 aromatic heterocycles. The number of benzene rings is 2. The van der Waals surface area contributed by atoms with Gasteiger partial charge in [0.05, 0.1) is 11.0 Å². The molecule has 160 valence electrons. The van der Waals surface area contributed by atoms with Crippen LogP contribution in [-0.2, 0) is 16.6 Å². The molecule has 1 saturated heterocycles. The SMILES string of the molecule is CN1CC(=O)N(CCCC(=O)NC(c2ccccc2)c2nc3ccccc3n2C)C1=O. The number of hydrogen-bond donors (Lipinski definition) is 1. The van der Waals surface area contributed by atoms with E-state index in [1.807, 2.05) is 66.2 Å². The number of nitrogens with zero attached hydrogens (tertiary/aromatic N) is 4. The van der Waals surface area contributed by atoms with Crippen LogP contribution in [0.5, 0.6) is 0 Å². The summed E-state index contributed by atoms with van der Waals surface area (Å²) in [6.45, 7) is 0.325. The van der Waals surface area contributed by atoms with Crippen molar-refractivity contribution in [2.45, 2.75) is 18.9 Å². The zero-order valence-electron chi connectivity index (χ0n) is 17.6. The summed E-state index contributed by atoms with van der Waals surface area (Å²) in [5.41, 5.74) is 2.79. The van der Waals surface area contributed by atoms with Crippen LogP contribution in [0.15, 0.2) is 54.6 Å². The Balaban J connectivity index is 1.49. The highest BCUT2D eigenvalue weighted by molar-refractivity contribution is 6.01. The van der Waals surface area contributed by atoms with Gasteiger partial charge < -0.3 is 14.8 Å². The number of amides is 4. The number of urea groups is 1. The third kappa shape index (κ3) is 4.14. The summed E-state index contributed by atoms with van der Waals surface area (Å²) in [6.07, 6.45) is 0.606. The van der Waals surface area contributed by atoms with Crippen molar-refractivity contribution in [1.82, 2.24) is 24.7 Å². The number of aromatic nitrogens is 2. The molecule has 8 nitrogen and oxygen atoms in total. The minimum Gasteiger partial charge on any atom is -0.342 e. The van der Waals surface area contributed by atoms with E-state index in [2.05, 4.69) is 5.32 Å². The van der Waals surface area contributed by atoms with Crippen LogP contribution in [-0.4, -0.2) is 57.3 Å². The zero-order chi connectivity index (χ0) is 22.0. The third-order valence-corrected chi connectivity index (χ3v) is 5.53. The first kappa shape index (κ1) is 20.6. The number of hydrogen-bond acceptors (Lipinski definition) is 4. The Kier molecular flexibility index (Phi) is 5.70. The van der Waals surface area contributed by atoms with Gasteiger partial charge >= 0.3 is 6.03 Å². The van der Waals surface area contributed by atoms with Crippen LogP contribution < -0.4 is 5.32 Å². The molecule has 1 fully saturated rings. The molecule has 3 aromatic rings. The second-order valence-corrected chi connectivity index (χ2v) is 7.72. The number of nitrogens with one attached hydrogen (secondary N) is 1. The van der Waals surface area contributed by atoms with Crippen LogP contribution in [0.3, 0.4) is 0 Å². The fraction of sp³-hybridized carbons (Fsp3) is 0.304. The van der Waals surface area contributed by atoms with Crippen LogP contribution >= 0.6 is 0 Å². The monoisotopic (exact) mass is 419 g/mol. The van der Waals surface area contributed by atoms with Crippen LogP contribution in [0.2, 0.25) is 0 Å². The van der Waals surface area contributed by atoms with Gasteiger partial charge in [-0.3, -0.25) is 14.5 Å². The number of carbonyl (C=O) groups excluding carboxylic acids is 3. The Hall–Kier alpha value is -3.68. The zero-order valence-corrected chi connectivity index (χ0v) is 17.6. The number of para-hydroxylation sites is 2. The second-order valence-electron chi connectivity index (χ2n) is 7.72. The number of fused-ring (bicyclic) bond motifs is 1. The van der Waals surface area contributed by atoms with Gasteiger partial charge in [-0.1, -0.05) is 42.5 Å². The first-order chi connectivity index (χ1) is 15.0. The number of likely N-dealkylation sites (N-methyl/N-ethyl adjacent to an activating group) is 1. The molecule has 1 unspecified atom stereocenters. The van der Waals surface area contributed by atoms with Gasteiger partial charge in [-0.05, 0) is 24.1 Å². The highest BCUT2D eigenvalue weighted by atomic mass is 16.2. The van der Waals surface area contributed by atoms with E-state index < -0.39 is 6.04 Å². The van der Waals surface area contributed by atoms with Crippen molar-refractivity contribution >= 4 is 28.9 Å². The Morgan fingerprint density at radius 1 is 1.06 bits per heavy atom. The molecule has 0 spiro atoms. The first-order valence-electron chi connectivity index (χ1n) is 10.3. The largest absolute Gasteiger partial charge is 0.342 e. The van der Waals surface area contributed by atoms with E-state index in [1.165, 1.54) is 9.80 Å². The summed E-state index contributed by atoms with van der Waals surface area (Å²) in [7, 11) is 3.53. The van der Waals surface area contributed by atoms with E-state index in [1.54, 1.807) is 7.05 Å². The summed E-state index contributed by atoms with van der Waals surface area (Å²) in [5.74, 6) is 0.357. The highest BCUT2D eigenvalue weighted by Gasteiger charge is 2.33. The molecule has 0 bridgehead atoms. The standard InChI is InChI=1S/C23H25N5O3/c1-26-15-20(30)28(23(26)31)14-8-13-19(29)25-21(16-9-4-3-5-10-16)22-24-17-11-6-7-12-18(17)27(22)2/h3-7,9-12,21H,8,13-15H2,1-2H3,(H,25,29). The number of aryl methyl sites for hydroxylation is 1. The molecule has 2 heterocycles. The first-order valence-corrected chi connectivity index (χ1v) is 10.3. The van der Waals surface area contributed by atoms with E-state index in [9.17, 15) is 14.4 Å². The molecule has 31 heavy (non-hydrogen) atoms. The van der Waals surface area contributed by atoms with Crippen LogP contribution in [0.4, 0.5) is 4.79 Å². The molecule has 1 N–H and O–H groups in total. The maximum atomic E-state index is 12.8. The average Bonchev–Trinajstić information content (AvgIpc) is 3.23. The Bertz CT molecular complexity index is 1120. The number of carbonyl (C=O) groups is 3. The van der Waals surface area contributed by atoms with Crippen LogP contribution in [0.25, 0.3) is 11.0 Å². The quantitative estimate of drug-likeness (QED) is 0.596. The van der Waals surface area contributed by atoms with Gasteiger partial charge in [-0.2, -0.15) is 0 Å². The lowest BCUT2D eigenvalue weighted by Crippen LogP contribution is -2.34. The molecular formula is C23H25N5O3. The molecule has 2 aromatic carbocycles. The lowest BCUT2D eigenvalue weighted by molar-refractivity contribution is -0.126. The van der Waals surface area contributed by atoms with Crippen molar-refractivity contribution in [2.75, 3.05) is 20.1 Å². The molecular weight excluding hydrogens is 394 g/mol. The van der Waals surface area contributed by atoms with Crippen molar-refractivity contribution < 1.29 is 14.4 Å². The van der Waals surface area contributed by atoms with Crippen LogP contribution in [0.1, 0.15) is 30.3 Å². The van der Waals surface area contributed by atoms with Crippen molar-refractivity contribution in [3.05, 3.63) is 66.0 Å². The van der Waals surface area contributed by atoms with Gasteiger partial charge in [0.15, 0.2) is 0 Å². The molecule has 0 aliphatic carbocycles. The minimum absolute atomic E-state index is 0.0911. The Morgan fingerprint density at radius 3 is 2.45 bits per heavy atom. The number of imidazole rings is 1. The van der Waals surface area contributed by atoms with E-state index in [4.69, 9.17) is 4.98 Å². The molecule has 8 heteroatoms. The van der Waals surface area contributed by atoms with Crippen molar-refractivity contribution in [1.29, 1.82) is 0 Å². The summed E-state index contributed by atoms with van der Waals surface area (Å²) >= 11 is 0. The fourth-order valence-electron chi connectivity index (χ4n) is 3.88. The molecule has 0 saturated carbocycles. The maximum Gasteiger partial charge on any atom is 0.326 e. The number of imide groups is 1. The lowest BCUT2D eigenvalue weighted by Gasteiger charge is -2.20. The second kappa shape index (κ2) is 8.59. The summed E-state index contributed by atoms with van der Waals surface area (Å²) in [5, 5.41) is 3.09. The predicted octanol–water partition coefficient (Wildman–Crippen LogP) is 2.45. The average molecular weight is 419 g/mol. The van der Waals surface area contributed by atoms with Crippen molar-refractivity contribution in [2.24, 2.45) is 7.05 Å². The summed E-state index contributed by atoms with van der Waals surface area (Å²) in [6, 6.07) is 16.8. The van der Waals surface area contributed by atoms with Gasteiger partial charge in [-0.15, -0.1) is 0 Å². The Labute approximate surface area is 180 Å². The third-order valence-electron chi connectivity index (χ3n) is 5.53. The minimum atomic E-state index is -0.410. The van der Waals surface area contributed by atoms with Gasteiger partial charge in [0, 0.05) is 27.1 Å². The highest BCUT2D eigenvalue weighted by Crippen LogP contribution is 2.25. The molecule has 1 atom stereocenters. The normalized spacial score (nSPS) is 15.0. The summed E-state index contributed by atoms with van der Waals surface area (Å²) in [4.78, 5) is 44.0. The smallest absolute Gasteiger partial charge is 0.326 e. The lowest BCUT2D eigenvalue weighted by atomic mass is 10.1. The van der Waals surface area contributed by atoms with Crippen LogP contribution in [0, 0.1) is 0 Å². The van der Waals surface area contributed by atoms with Gasteiger partial charge in [-0.25, -0.2) is 9.78 Å². The van der Waals surface area contributed by atoms with E-state index >= 15 is 0 Å². The van der Waals surface area contributed by atoms with Crippen molar-refractivity contribution in [3.63, 3.8) is 0 Å². The van der Waals surface area contributed by atoms with Gasteiger partial charge in [0.25, 0.3) is 0 Å². The topological polar surface area (TPSA) is 87.5 Å². The molecule has 0 radical (unpaired) electrons. The number of rotatable bonds is 7. The van der Waals surface area contributed by atoms with Gasteiger partial charge in [0.2, 0.25) is 11.8 Å². The van der Waals surface area contributed by atoms with E-state index in [0.29, 0.717) is 6.42 Å². The van der Waals surface area contributed by atoms with E-state index in [-0.39, 0.29) is 37.4 Å². The predicted molar refractivity (Wildman–Crippen MR) is 116 cm³/mol. The van der Waals surface area contributed by atoms with Gasteiger partial charge in [0.1, 0.15) is 18.4 Å². The maximum absolute atomic E-state index is 12.8. The summed E-state index contributed by atoms with van der Waals surface area (Å²) < 4.78 is 1.99.